The van der Waals surface area contributed by atoms with E-state index in [0.717, 1.165) is 26.2 Å². The first-order valence-electron chi connectivity index (χ1n) is 4.24. The lowest BCUT2D eigenvalue weighted by atomic mass is 10.4. The highest BCUT2D eigenvalue weighted by atomic mass is 15.2. The van der Waals surface area contributed by atoms with Crippen molar-refractivity contribution in [1.82, 2.24) is 20.4 Å². The maximum atomic E-state index is 3.83. The summed E-state index contributed by atoms with van der Waals surface area (Å²) >= 11 is 0. The van der Waals surface area contributed by atoms with Gasteiger partial charge >= 0.3 is 0 Å². The minimum absolute atomic E-state index is 1.14. The zero-order valence-electron chi connectivity index (χ0n) is 7.45. The van der Waals surface area contributed by atoms with E-state index in [1.54, 1.807) is 10.9 Å². The second-order valence-corrected chi connectivity index (χ2v) is 2.68. The minimum Gasteiger partial charge on any atom is -0.314 e. The van der Waals surface area contributed by atoms with E-state index in [9.17, 15) is 0 Å². The number of nitrogens with zero attached hydrogens (tertiary/aromatic N) is 2. The molecule has 68 valence electrons. The van der Waals surface area contributed by atoms with E-state index in [1.807, 2.05) is 19.3 Å². The molecule has 0 radical (unpaired) electrons. The van der Waals surface area contributed by atoms with Crippen molar-refractivity contribution in [2.75, 3.05) is 26.2 Å². The van der Waals surface area contributed by atoms with Crippen LogP contribution < -0.4 is 10.6 Å². The van der Waals surface area contributed by atoms with E-state index in [0.29, 0.717) is 0 Å². The van der Waals surface area contributed by atoms with Crippen LogP contribution in [0.25, 0.3) is 0 Å². The first-order chi connectivity index (χ1) is 5.89. The van der Waals surface area contributed by atoms with Crippen LogP contribution in [0.3, 0.4) is 0 Å². The topological polar surface area (TPSA) is 41.9 Å². The Balaban J connectivity index is 0.000000120. The van der Waals surface area contributed by atoms with Crippen LogP contribution in [-0.4, -0.2) is 36.0 Å². The summed E-state index contributed by atoms with van der Waals surface area (Å²) in [6.45, 7) is 4.56. The highest BCUT2D eigenvalue weighted by Gasteiger charge is 1.91. The molecule has 2 N–H and O–H groups in total. The predicted molar refractivity (Wildman–Crippen MR) is 48.9 cm³/mol. The molecule has 0 amide bonds. The number of aromatic nitrogens is 2. The van der Waals surface area contributed by atoms with Gasteiger partial charge in [-0.2, -0.15) is 5.10 Å². The van der Waals surface area contributed by atoms with Crippen LogP contribution in [0.5, 0.6) is 0 Å². The van der Waals surface area contributed by atoms with E-state index in [1.165, 1.54) is 0 Å². The number of hydrogen-bond acceptors (Lipinski definition) is 3. The first kappa shape index (κ1) is 9.22. The van der Waals surface area contributed by atoms with Crippen LogP contribution in [-0.2, 0) is 7.05 Å². The van der Waals surface area contributed by atoms with Crippen LogP contribution in [0.15, 0.2) is 18.5 Å². The van der Waals surface area contributed by atoms with Crippen molar-refractivity contribution in [1.29, 1.82) is 0 Å². The summed E-state index contributed by atoms with van der Waals surface area (Å²) in [7, 11) is 1.89. The van der Waals surface area contributed by atoms with Crippen molar-refractivity contribution >= 4 is 0 Å². The van der Waals surface area contributed by atoms with Crippen molar-refractivity contribution in [3.63, 3.8) is 0 Å². The molecule has 0 aliphatic carbocycles. The summed E-state index contributed by atoms with van der Waals surface area (Å²) in [6, 6.07) is 1.89. The van der Waals surface area contributed by atoms with Gasteiger partial charge in [-0.15, -0.1) is 0 Å². The fourth-order valence-electron chi connectivity index (χ4n) is 0.949. The number of rotatable bonds is 0. The Labute approximate surface area is 73.0 Å². The van der Waals surface area contributed by atoms with Crippen molar-refractivity contribution in [2.45, 2.75) is 0 Å². The monoisotopic (exact) mass is 168 g/mol. The Morgan fingerprint density at radius 1 is 1.17 bits per heavy atom. The third-order valence-electron chi connectivity index (χ3n) is 1.59. The molecule has 0 bridgehead atoms. The molecular weight excluding hydrogens is 152 g/mol. The van der Waals surface area contributed by atoms with E-state index in [4.69, 9.17) is 0 Å². The van der Waals surface area contributed by atoms with Gasteiger partial charge in [0.2, 0.25) is 0 Å². The molecule has 12 heavy (non-hydrogen) atoms. The molecule has 1 aromatic heterocycles. The standard InChI is InChI=1S/C4H6N2.C4H10N2/c1-6-4-2-3-5-6;1-2-6-4-3-5-1/h2-4H,1H3;5-6H,1-4H2. The van der Waals surface area contributed by atoms with Crippen LogP contribution >= 0.6 is 0 Å². The molecule has 1 aliphatic rings. The van der Waals surface area contributed by atoms with Crippen molar-refractivity contribution < 1.29 is 0 Å². The molecule has 1 saturated heterocycles. The Hall–Kier alpha value is -0.870. The van der Waals surface area contributed by atoms with Gasteiger partial charge in [0.25, 0.3) is 0 Å². The SMILES string of the molecule is C1CNCCN1.Cn1cccn1. The number of piperazine rings is 1. The lowest BCUT2D eigenvalue weighted by Crippen LogP contribution is -2.39. The maximum absolute atomic E-state index is 3.83. The second-order valence-electron chi connectivity index (χ2n) is 2.68. The number of hydrogen-bond donors (Lipinski definition) is 2. The molecule has 0 unspecified atom stereocenters. The fourth-order valence-corrected chi connectivity index (χ4v) is 0.949. The molecule has 2 rings (SSSR count). The summed E-state index contributed by atoms with van der Waals surface area (Å²) < 4.78 is 1.75. The molecule has 0 saturated carbocycles. The largest absolute Gasteiger partial charge is 0.314 e. The Morgan fingerprint density at radius 2 is 1.75 bits per heavy atom. The van der Waals surface area contributed by atoms with Crippen molar-refractivity contribution in [3.05, 3.63) is 18.5 Å². The molecular formula is C8H16N4. The zero-order chi connectivity index (χ0) is 8.65. The predicted octanol–water partition coefficient (Wildman–Crippen LogP) is -0.401. The van der Waals surface area contributed by atoms with Gasteiger partial charge in [0.05, 0.1) is 0 Å². The van der Waals surface area contributed by atoms with E-state index >= 15 is 0 Å². The van der Waals surface area contributed by atoms with E-state index in [2.05, 4.69) is 15.7 Å². The number of nitrogens with one attached hydrogen (secondary N) is 2. The van der Waals surface area contributed by atoms with Gasteiger partial charge in [0.15, 0.2) is 0 Å². The zero-order valence-corrected chi connectivity index (χ0v) is 7.45. The van der Waals surface area contributed by atoms with Crippen molar-refractivity contribution in [3.8, 4) is 0 Å². The van der Waals surface area contributed by atoms with Crippen molar-refractivity contribution in [2.24, 2.45) is 7.05 Å². The molecule has 0 aromatic carbocycles. The maximum Gasteiger partial charge on any atom is 0.0489 e. The third-order valence-corrected chi connectivity index (χ3v) is 1.59. The molecule has 1 aliphatic heterocycles. The smallest absolute Gasteiger partial charge is 0.0489 e. The van der Waals surface area contributed by atoms with Crippen LogP contribution in [0.1, 0.15) is 0 Å². The van der Waals surface area contributed by atoms with Gasteiger partial charge in [-0.25, -0.2) is 0 Å². The summed E-state index contributed by atoms with van der Waals surface area (Å²) in [6.07, 6.45) is 3.64. The van der Waals surface area contributed by atoms with E-state index in [-0.39, 0.29) is 0 Å². The summed E-state index contributed by atoms with van der Waals surface area (Å²) in [5.41, 5.74) is 0. The average Bonchev–Trinajstić information content (AvgIpc) is 2.60. The van der Waals surface area contributed by atoms with E-state index < -0.39 is 0 Å². The summed E-state index contributed by atoms with van der Waals surface area (Å²) in [4.78, 5) is 0. The van der Waals surface area contributed by atoms with Gasteiger partial charge in [-0.05, 0) is 6.07 Å². The molecule has 2 heterocycles. The Morgan fingerprint density at radius 3 is 1.92 bits per heavy atom. The average molecular weight is 168 g/mol. The van der Waals surface area contributed by atoms with Gasteiger partial charge in [0.1, 0.15) is 0 Å². The number of aryl methyl sites for hydroxylation is 1. The quantitative estimate of drug-likeness (QED) is 0.554. The van der Waals surface area contributed by atoms with Crippen LogP contribution in [0.2, 0.25) is 0 Å². The third kappa shape index (κ3) is 4.10. The molecule has 1 fully saturated rings. The van der Waals surface area contributed by atoms with Crippen LogP contribution in [0.4, 0.5) is 0 Å². The second kappa shape index (κ2) is 5.74. The molecule has 1 aromatic rings. The summed E-state index contributed by atoms with van der Waals surface area (Å²) in [5, 5.41) is 10.3. The molecule has 0 atom stereocenters. The Bertz CT molecular complexity index is 167. The van der Waals surface area contributed by atoms with Gasteiger partial charge in [-0.3, -0.25) is 4.68 Å². The highest BCUT2D eigenvalue weighted by molar-refractivity contribution is 4.75. The van der Waals surface area contributed by atoms with Gasteiger partial charge in [0, 0.05) is 45.6 Å². The van der Waals surface area contributed by atoms with Gasteiger partial charge in [-0.1, -0.05) is 0 Å². The fraction of sp³-hybridized carbons (Fsp3) is 0.625. The molecule has 4 heteroatoms. The molecule has 0 spiro atoms. The highest BCUT2D eigenvalue weighted by Crippen LogP contribution is 1.73. The first-order valence-corrected chi connectivity index (χ1v) is 4.24. The van der Waals surface area contributed by atoms with Gasteiger partial charge < -0.3 is 10.6 Å². The normalized spacial score (nSPS) is 16.4. The lowest BCUT2D eigenvalue weighted by Gasteiger charge is -2.11. The lowest BCUT2D eigenvalue weighted by molar-refractivity contribution is 0.534. The Kier molecular flexibility index (Phi) is 4.41. The molecule has 4 nitrogen and oxygen atoms in total. The minimum atomic E-state index is 1.14. The van der Waals surface area contributed by atoms with Crippen LogP contribution in [0, 0.1) is 0 Å². The summed E-state index contributed by atoms with van der Waals surface area (Å²) in [5.74, 6) is 0.